The largest absolute Gasteiger partial charge is 0.241 e. The summed E-state index contributed by atoms with van der Waals surface area (Å²) in [5.41, 5.74) is 2.58. The van der Waals surface area contributed by atoms with Crippen molar-refractivity contribution in [1.82, 2.24) is 9.61 Å². The molecule has 2 aromatic rings. The van der Waals surface area contributed by atoms with E-state index in [4.69, 9.17) is 0 Å². The van der Waals surface area contributed by atoms with Gasteiger partial charge in [0.25, 0.3) is 0 Å². The third-order valence-electron chi connectivity index (χ3n) is 2.61. The van der Waals surface area contributed by atoms with E-state index in [2.05, 4.69) is 31.1 Å². The Morgan fingerprint density at radius 3 is 3.08 bits per heavy atom. The van der Waals surface area contributed by atoms with Gasteiger partial charge >= 0.3 is 0 Å². The highest BCUT2D eigenvalue weighted by molar-refractivity contribution is 5.48. The van der Waals surface area contributed by atoms with Crippen LogP contribution in [-0.4, -0.2) is 9.61 Å². The maximum atomic E-state index is 4.16. The van der Waals surface area contributed by atoms with E-state index in [0.29, 0.717) is 5.92 Å². The van der Waals surface area contributed by atoms with Crippen LogP contribution in [0.1, 0.15) is 31.7 Å². The van der Waals surface area contributed by atoms with Crippen molar-refractivity contribution in [2.24, 2.45) is 0 Å². The first kappa shape index (κ1) is 8.30. The summed E-state index contributed by atoms with van der Waals surface area (Å²) in [6.07, 6.45) is 5.04. The molecule has 0 aliphatic carbocycles. The summed E-state index contributed by atoms with van der Waals surface area (Å²) in [6, 6.07) is 6.39. The van der Waals surface area contributed by atoms with Gasteiger partial charge in [-0.15, -0.1) is 0 Å². The lowest BCUT2D eigenvalue weighted by Gasteiger charge is -2.08. The van der Waals surface area contributed by atoms with Gasteiger partial charge in [-0.05, 0) is 36.1 Å². The first-order valence-corrected chi connectivity index (χ1v) is 4.74. The molecule has 2 aromatic heterocycles. The van der Waals surface area contributed by atoms with Crippen LogP contribution in [0.5, 0.6) is 0 Å². The lowest BCUT2D eigenvalue weighted by Crippen LogP contribution is -1.93. The molecule has 0 saturated heterocycles. The Bertz CT molecular complexity index is 403. The van der Waals surface area contributed by atoms with Crippen LogP contribution in [0.15, 0.2) is 30.6 Å². The molecule has 0 N–H and O–H groups in total. The molecule has 2 nitrogen and oxygen atoms in total. The minimum Gasteiger partial charge on any atom is -0.241 e. The first-order chi connectivity index (χ1) is 6.31. The molecule has 1 atom stereocenters. The standard InChI is InChI=1S/C11H14N2/c1-3-9(2)10-5-7-13-11(8-10)4-6-12-13/h4-9H,3H2,1-2H3. The smallest absolute Gasteiger partial charge is 0.0664 e. The van der Waals surface area contributed by atoms with Gasteiger partial charge in [-0.1, -0.05) is 13.8 Å². The number of hydrogen-bond acceptors (Lipinski definition) is 1. The Labute approximate surface area is 78.2 Å². The number of aromatic nitrogens is 2. The molecule has 1 unspecified atom stereocenters. The van der Waals surface area contributed by atoms with Crippen molar-refractivity contribution >= 4 is 5.52 Å². The quantitative estimate of drug-likeness (QED) is 0.684. The summed E-state index contributed by atoms with van der Waals surface area (Å²) in [5.74, 6) is 0.639. The van der Waals surface area contributed by atoms with E-state index in [1.165, 1.54) is 17.5 Å². The lowest BCUT2D eigenvalue weighted by atomic mass is 10.00. The zero-order chi connectivity index (χ0) is 9.26. The molecule has 2 heteroatoms. The highest BCUT2D eigenvalue weighted by Crippen LogP contribution is 2.19. The van der Waals surface area contributed by atoms with E-state index in [-0.39, 0.29) is 0 Å². The van der Waals surface area contributed by atoms with E-state index in [1.54, 1.807) is 0 Å². The fourth-order valence-corrected chi connectivity index (χ4v) is 1.48. The molecule has 2 rings (SSSR count). The van der Waals surface area contributed by atoms with Gasteiger partial charge in [0, 0.05) is 12.4 Å². The summed E-state index contributed by atoms with van der Waals surface area (Å²) in [7, 11) is 0. The van der Waals surface area contributed by atoms with Crippen molar-refractivity contribution in [3.63, 3.8) is 0 Å². The summed E-state index contributed by atoms with van der Waals surface area (Å²) in [4.78, 5) is 0. The molecule has 68 valence electrons. The van der Waals surface area contributed by atoms with E-state index >= 15 is 0 Å². The topological polar surface area (TPSA) is 17.3 Å². The van der Waals surface area contributed by atoms with Gasteiger partial charge in [0.15, 0.2) is 0 Å². The van der Waals surface area contributed by atoms with Crippen LogP contribution in [-0.2, 0) is 0 Å². The second kappa shape index (κ2) is 3.21. The highest BCUT2D eigenvalue weighted by atomic mass is 15.2. The van der Waals surface area contributed by atoms with Crippen LogP contribution in [0.2, 0.25) is 0 Å². The molecule has 0 bridgehead atoms. The summed E-state index contributed by atoms with van der Waals surface area (Å²) in [5, 5.41) is 4.16. The SMILES string of the molecule is CCC(C)c1ccn2nccc2c1. The maximum absolute atomic E-state index is 4.16. The molecule has 0 spiro atoms. The third-order valence-corrected chi connectivity index (χ3v) is 2.61. The van der Waals surface area contributed by atoms with Gasteiger partial charge in [-0.2, -0.15) is 5.10 Å². The van der Waals surface area contributed by atoms with Gasteiger partial charge < -0.3 is 0 Å². The van der Waals surface area contributed by atoms with Crippen LogP contribution in [0.3, 0.4) is 0 Å². The van der Waals surface area contributed by atoms with Gasteiger partial charge in [-0.3, -0.25) is 0 Å². The predicted octanol–water partition coefficient (Wildman–Crippen LogP) is 2.85. The highest BCUT2D eigenvalue weighted by Gasteiger charge is 2.03. The average molecular weight is 174 g/mol. The monoisotopic (exact) mass is 174 g/mol. The first-order valence-electron chi connectivity index (χ1n) is 4.74. The average Bonchev–Trinajstić information content (AvgIpc) is 2.63. The molecule has 0 fully saturated rings. The van der Waals surface area contributed by atoms with Gasteiger partial charge in [0.05, 0.1) is 5.52 Å². The molecular weight excluding hydrogens is 160 g/mol. The number of hydrogen-bond donors (Lipinski definition) is 0. The molecule has 0 saturated carbocycles. The van der Waals surface area contributed by atoms with Crippen LogP contribution < -0.4 is 0 Å². The van der Waals surface area contributed by atoms with E-state index in [9.17, 15) is 0 Å². The molecule has 13 heavy (non-hydrogen) atoms. The van der Waals surface area contributed by atoms with Gasteiger partial charge in [-0.25, -0.2) is 4.52 Å². The minimum atomic E-state index is 0.639. The Hall–Kier alpha value is -1.31. The lowest BCUT2D eigenvalue weighted by molar-refractivity contribution is 0.731. The van der Waals surface area contributed by atoms with E-state index in [0.717, 1.165) is 0 Å². The molecule has 0 aliphatic rings. The maximum Gasteiger partial charge on any atom is 0.0664 e. The van der Waals surface area contributed by atoms with Crippen molar-refractivity contribution in [2.75, 3.05) is 0 Å². The molecule has 0 radical (unpaired) electrons. The predicted molar refractivity (Wildman–Crippen MR) is 53.9 cm³/mol. The Balaban J connectivity index is 2.48. The molecule has 0 amide bonds. The van der Waals surface area contributed by atoms with Crippen LogP contribution in [0.25, 0.3) is 5.52 Å². The van der Waals surface area contributed by atoms with Crippen molar-refractivity contribution in [1.29, 1.82) is 0 Å². The third kappa shape index (κ3) is 1.44. The zero-order valence-corrected chi connectivity index (χ0v) is 8.07. The Morgan fingerprint density at radius 1 is 1.46 bits per heavy atom. The summed E-state index contributed by atoms with van der Waals surface area (Å²) in [6.45, 7) is 4.47. The molecule has 2 heterocycles. The number of fused-ring (bicyclic) bond motifs is 1. The van der Waals surface area contributed by atoms with Gasteiger partial charge in [0.1, 0.15) is 0 Å². The second-order valence-corrected chi connectivity index (χ2v) is 3.47. The normalized spacial score (nSPS) is 13.4. The minimum absolute atomic E-state index is 0.639. The fourth-order valence-electron chi connectivity index (χ4n) is 1.48. The van der Waals surface area contributed by atoms with E-state index in [1.807, 2.05) is 23.0 Å². The van der Waals surface area contributed by atoms with Crippen molar-refractivity contribution in [3.05, 3.63) is 36.2 Å². The zero-order valence-electron chi connectivity index (χ0n) is 8.07. The van der Waals surface area contributed by atoms with Crippen molar-refractivity contribution < 1.29 is 0 Å². The molecule has 0 aromatic carbocycles. The van der Waals surface area contributed by atoms with Crippen molar-refractivity contribution in [2.45, 2.75) is 26.2 Å². The van der Waals surface area contributed by atoms with Crippen molar-refractivity contribution in [3.8, 4) is 0 Å². The number of pyridine rings is 1. The number of rotatable bonds is 2. The number of nitrogens with zero attached hydrogens (tertiary/aromatic N) is 2. The van der Waals surface area contributed by atoms with Crippen LogP contribution >= 0.6 is 0 Å². The van der Waals surface area contributed by atoms with Gasteiger partial charge in [0.2, 0.25) is 0 Å². The second-order valence-electron chi connectivity index (χ2n) is 3.47. The van der Waals surface area contributed by atoms with E-state index < -0.39 is 0 Å². The Kier molecular flexibility index (Phi) is 2.05. The Morgan fingerprint density at radius 2 is 2.31 bits per heavy atom. The molecular formula is C11H14N2. The fraction of sp³-hybridized carbons (Fsp3) is 0.364. The summed E-state index contributed by atoms with van der Waals surface area (Å²) >= 11 is 0. The van der Waals surface area contributed by atoms with Crippen LogP contribution in [0, 0.1) is 0 Å². The summed E-state index contributed by atoms with van der Waals surface area (Å²) < 4.78 is 1.89. The van der Waals surface area contributed by atoms with Crippen LogP contribution in [0.4, 0.5) is 0 Å². The molecule has 0 aliphatic heterocycles.